The third-order valence-corrected chi connectivity index (χ3v) is 2.62. The summed E-state index contributed by atoms with van der Waals surface area (Å²) >= 11 is 0. The van der Waals surface area contributed by atoms with Crippen molar-refractivity contribution in [3.63, 3.8) is 0 Å². The maximum atomic E-state index is 9.92. The molecule has 2 atom stereocenters. The lowest BCUT2D eigenvalue weighted by atomic mass is 9.89. The van der Waals surface area contributed by atoms with Gasteiger partial charge in [-0.05, 0) is 11.8 Å². The van der Waals surface area contributed by atoms with E-state index in [1.165, 1.54) is 0 Å². The Morgan fingerprint density at radius 2 is 2.00 bits per heavy atom. The molecule has 0 radical (unpaired) electrons. The van der Waals surface area contributed by atoms with Crippen LogP contribution in [0.25, 0.3) is 0 Å². The van der Waals surface area contributed by atoms with Gasteiger partial charge in [-0.15, -0.1) is 0 Å². The van der Waals surface area contributed by atoms with Gasteiger partial charge in [0.1, 0.15) is 0 Å². The van der Waals surface area contributed by atoms with Crippen LogP contribution in [0.15, 0.2) is 12.4 Å². The van der Waals surface area contributed by atoms with E-state index in [-0.39, 0.29) is 5.92 Å². The summed E-state index contributed by atoms with van der Waals surface area (Å²) in [6, 6.07) is 0. The Balaban J connectivity index is 2.73. The van der Waals surface area contributed by atoms with Crippen molar-refractivity contribution in [2.24, 2.45) is 18.9 Å². The summed E-state index contributed by atoms with van der Waals surface area (Å²) in [7, 11) is 1.86. The summed E-state index contributed by atoms with van der Waals surface area (Å²) < 4.78 is 1.71. The molecule has 3 nitrogen and oxygen atoms in total. The van der Waals surface area contributed by atoms with Gasteiger partial charge >= 0.3 is 0 Å². The van der Waals surface area contributed by atoms with Gasteiger partial charge in [-0.25, -0.2) is 0 Å². The summed E-state index contributed by atoms with van der Waals surface area (Å²) in [5.74, 6) is 0.749. The molecule has 74 valence electrons. The minimum absolute atomic E-state index is 0.268. The first-order valence-corrected chi connectivity index (χ1v) is 4.69. The molecule has 13 heavy (non-hydrogen) atoms. The van der Waals surface area contributed by atoms with Crippen LogP contribution < -0.4 is 0 Å². The van der Waals surface area contributed by atoms with Crippen LogP contribution in [0.1, 0.15) is 32.4 Å². The zero-order valence-corrected chi connectivity index (χ0v) is 8.73. The molecule has 1 aromatic heterocycles. The van der Waals surface area contributed by atoms with Gasteiger partial charge < -0.3 is 5.11 Å². The van der Waals surface area contributed by atoms with Crippen LogP contribution in [-0.2, 0) is 7.05 Å². The van der Waals surface area contributed by atoms with Crippen LogP contribution in [0.2, 0.25) is 0 Å². The Kier molecular flexibility index (Phi) is 3.09. The van der Waals surface area contributed by atoms with E-state index in [9.17, 15) is 5.11 Å². The molecule has 0 fully saturated rings. The van der Waals surface area contributed by atoms with Crippen molar-refractivity contribution in [1.29, 1.82) is 0 Å². The fourth-order valence-corrected chi connectivity index (χ4v) is 1.26. The number of nitrogens with zero attached hydrogens (tertiary/aromatic N) is 2. The first-order valence-electron chi connectivity index (χ1n) is 4.69. The lowest BCUT2D eigenvalue weighted by Gasteiger charge is -2.20. The van der Waals surface area contributed by atoms with Crippen molar-refractivity contribution in [3.05, 3.63) is 18.0 Å². The second-order valence-corrected chi connectivity index (χ2v) is 4.00. The van der Waals surface area contributed by atoms with Gasteiger partial charge in [0, 0.05) is 18.8 Å². The maximum absolute atomic E-state index is 9.92. The largest absolute Gasteiger partial charge is 0.388 e. The molecular formula is C10H18N2O. The highest BCUT2D eigenvalue weighted by atomic mass is 16.3. The summed E-state index contributed by atoms with van der Waals surface area (Å²) in [5, 5.41) is 14.0. The standard InChI is InChI=1S/C10H18N2O/c1-7(2)8(3)10(13)9-5-11-12(4)6-9/h5-8,10,13H,1-4H3. The van der Waals surface area contributed by atoms with Crippen LogP contribution in [-0.4, -0.2) is 14.9 Å². The number of hydrogen-bond acceptors (Lipinski definition) is 2. The summed E-state index contributed by atoms with van der Waals surface area (Å²) in [4.78, 5) is 0. The van der Waals surface area contributed by atoms with E-state index in [4.69, 9.17) is 0 Å². The van der Waals surface area contributed by atoms with Crippen molar-refractivity contribution in [2.75, 3.05) is 0 Å². The van der Waals surface area contributed by atoms with Gasteiger partial charge in [-0.3, -0.25) is 4.68 Å². The highest BCUT2D eigenvalue weighted by Crippen LogP contribution is 2.26. The Morgan fingerprint density at radius 1 is 1.38 bits per heavy atom. The van der Waals surface area contributed by atoms with E-state index >= 15 is 0 Å². The number of hydrogen-bond donors (Lipinski definition) is 1. The highest BCUT2D eigenvalue weighted by molar-refractivity contribution is 5.08. The number of aryl methyl sites for hydroxylation is 1. The van der Waals surface area contributed by atoms with Crippen molar-refractivity contribution in [1.82, 2.24) is 9.78 Å². The highest BCUT2D eigenvalue weighted by Gasteiger charge is 2.20. The van der Waals surface area contributed by atoms with Crippen molar-refractivity contribution >= 4 is 0 Å². The molecule has 1 N–H and O–H groups in total. The van der Waals surface area contributed by atoms with Crippen LogP contribution >= 0.6 is 0 Å². The SMILES string of the molecule is CC(C)C(C)C(O)c1cnn(C)c1. The van der Waals surface area contributed by atoms with Gasteiger partial charge in [0.2, 0.25) is 0 Å². The van der Waals surface area contributed by atoms with E-state index in [0.717, 1.165) is 5.56 Å². The minimum Gasteiger partial charge on any atom is -0.388 e. The molecule has 1 rings (SSSR count). The summed E-state index contributed by atoms with van der Waals surface area (Å²) in [5.41, 5.74) is 0.906. The molecule has 1 heterocycles. The molecule has 0 saturated heterocycles. The monoisotopic (exact) mass is 182 g/mol. The molecule has 0 bridgehead atoms. The Bertz CT molecular complexity index is 268. The first kappa shape index (κ1) is 10.3. The van der Waals surface area contributed by atoms with Crippen LogP contribution in [0.3, 0.4) is 0 Å². The number of aromatic nitrogens is 2. The van der Waals surface area contributed by atoms with Crippen molar-refractivity contribution in [2.45, 2.75) is 26.9 Å². The molecule has 0 saturated carbocycles. The third-order valence-electron chi connectivity index (χ3n) is 2.62. The normalized spacial score (nSPS) is 16.2. The minimum atomic E-state index is -0.395. The van der Waals surface area contributed by atoms with Crippen LogP contribution in [0.5, 0.6) is 0 Å². The molecule has 0 amide bonds. The second-order valence-electron chi connectivity index (χ2n) is 4.00. The molecule has 0 aliphatic heterocycles. The molecule has 0 spiro atoms. The third kappa shape index (κ3) is 2.31. The average Bonchev–Trinajstić information content (AvgIpc) is 2.49. The van der Waals surface area contributed by atoms with Gasteiger partial charge in [-0.1, -0.05) is 20.8 Å². The zero-order chi connectivity index (χ0) is 10.0. The quantitative estimate of drug-likeness (QED) is 0.773. The molecule has 0 aliphatic rings. The number of rotatable bonds is 3. The van der Waals surface area contributed by atoms with Gasteiger partial charge in [0.25, 0.3) is 0 Å². The average molecular weight is 182 g/mol. The number of aliphatic hydroxyl groups is 1. The predicted octanol–water partition coefficient (Wildman–Crippen LogP) is 1.75. The molecule has 2 unspecified atom stereocenters. The van der Waals surface area contributed by atoms with Crippen LogP contribution in [0, 0.1) is 11.8 Å². The van der Waals surface area contributed by atoms with Gasteiger partial charge in [0.15, 0.2) is 0 Å². The van der Waals surface area contributed by atoms with Gasteiger partial charge in [0.05, 0.1) is 12.3 Å². The molecule has 0 aliphatic carbocycles. The smallest absolute Gasteiger partial charge is 0.0848 e. The summed E-state index contributed by atoms with van der Waals surface area (Å²) in [6.45, 7) is 6.29. The number of aliphatic hydroxyl groups excluding tert-OH is 1. The Hall–Kier alpha value is -0.830. The van der Waals surface area contributed by atoms with Crippen molar-refractivity contribution < 1.29 is 5.11 Å². The topological polar surface area (TPSA) is 38.1 Å². The van der Waals surface area contributed by atoms with E-state index in [2.05, 4.69) is 25.9 Å². The molecule has 0 aromatic carbocycles. The fourth-order valence-electron chi connectivity index (χ4n) is 1.26. The van der Waals surface area contributed by atoms with Gasteiger partial charge in [-0.2, -0.15) is 5.10 Å². The summed E-state index contributed by atoms with van der Waals surface area (Å²) in [6.07, 6.45) is 3.20. The van der Waals surface area contributed by atoms with E-state index in [1.54, 1.807) is 10.9 Å². The Labute approximate surface area is 79.4 Å². The first-order chi connectivity index (χ1) is 6.02. The second kappa shape index (κ2) is 3.92. The predicted molar refractivity (Wildman–Crippen MR) is 52.2 cm³/mol. The molecular weight excluding hydrogens is 164 g/mol. The van der Waals surface area contributed by atoms with E-state index in [1.807, 2.05) is 13.2 Å². The molecule has 1 aromatic rings. The lowest BCUT2D eigenvalue weighted by Crippen LogP contribution is -2.14. The Morgan fingerprint density at radius 3 is 2.38 bits per heavy atom. The maximum Gasteiger partial charge on any atom is 0.0848 e. The van der Waals surface area contributed by atoms with E-state index < -0.39 is 6.10 Å². The fraction of sp³-hybridized carbons (Fsp3) is 0.700. The lowest BCUT2D eigenvalue weighted by molar-refractivity contribution is 0.0920. The molecule has 3 heteroatoms. The van der Waals surface area contributed by atoms with Crippen molar-refractivity contribution in [3.8, 4) is 0 Å². The van der Waals surface area contributed by atoms with E-state index in [0.29, 0.717) is 5.92 Å². The zero-order valence-electron chi connectivity index (χ0n) is 8.73. The van der Waals surface area contributed by atoms with Crippen LogP contribution in [0.4, 0.5) is 0 Å².